The summed E-state index contributed by atoms with van der Waals surface area (Å²) in [5.74, 6) is 1.09. The summed E-state index contributed by atoms with van der Waals surface area (Å²) in [6, 6.07) is 2.02. The van der Waals surface area contributed by atoms with Crippen LogP contribution in [0.4, 0.5) is 5.95 Å². The van der Waals surface area contributed by atoms with Gasteiger partial charge in [0.15, 0.2) is 0 Å². The van der Waals surface area contributed by atoms with Gasteiger partial charge in [-0.1, -0.05) is 26.1 Å². The van der Waals surface area contributed by atoms with Gasteiger partial charge in [0.25, 0.3) is 0 Å². The second-order valence-electron chi connectivity index (χ2n) is 5.09. The van der Waals surface area contributed by atoms with Gasteiger partial charge in [-0.3, -0.25) is 0 Å². The SMILES string of the molecule is COCCN(CCC(N)=S)c1nc(C)cc(C(C)C)n1. The zero-order valence-electron chi connectivity index (χ0n) is 12.7. The number of methoxy groups -OCH3 is 1. The van der Waals surface area contributed by atoms with E-state index >= 15 is 0 Å². The first-order chi connectivity index (χ1) is 9.43. The highest BCUT2D eigenvalue weighted by Crippen LogP contribution is 2.17. The molecule has 20 heavy (non-hydrogen) atoms. The van der Waals surface area contributed by atoms with Gasteiger partial charge in [-0.15, -0.1) is 0 Å². The van der Waals surface area contributed by atoms with E-state index in [1.807, 2.05) is 13.0 Å². The minimum atomic E-state index is 0.371. The monoisotopic (exact) mass is 296 g/mol. The molecule has 112 valence electrons. The summed E-state index contributed by atoms with van der Waals surface area (Å²) in [5.41, 5.74) is 7.60. The number of nitrogens with zero attached hydrogens (tertiary/aromatic N) is 3. The molecule has 2 N–H and O–H groups in total. The lowest BCUT2D eigenvalue weighted by molar-refractivity contribution is 0.205. The maximum Gasteiger partial charge on any atom is 0.225 e. The molecule has 0 spiro atoms. The summed E-state index contributed by atoms with van der Waals surface area (Å²) >= 11 is 4.95. The normalized spacial score (nSPS) is 10.8. The van der Waals surface area contributed by atoms with Crippen molar-refractivity contribution < 1.29 is 4.74 Å². The molecule has 1 aromatic rings. The average Bonchev–Trinajstić information content (AvgIpc) is 2.37. The number of nitrogens with two attached hydrogens (primary N) is 1. The van der Waals surface area contributed by atoms with Gasteiger partial charge in [-0.25, -0.2) is 9.97 Å². The molecule has 0 aliphatic rings. The molecule has 6 heteroatoms. The number of hydrogen-bond donors (Lipinski definition) is 1. The van der Waals surface area contributed by atoms with Gasteiger partial charge in [0, 0.05) is 38.0 Å². The van der Waals surface area contributed by atoms with Crippen molar-refractivity contribution in [2.45, 2.75) is 33.1 Å². The van der Waals surface area contributed by atoms with Crippen molar-refractivity contribution in [3.05, 3.63) is 17.5 Å². The Balaban J connectivity index is 2.95. The van der Waals surface area contributed by atoms with E-state index in [0.717, 1.165) is 23.9 Å². The van der Waals surface area contributed by atoms with Gasteiger partial charge in [-0.2, -0.15) is 0 Å². The zero-order valence-corrected chi connectivity index (χ0v) is 13.5. The van der Waals surface area contributed by atoms with Gasteiger partial charge in [0.2, 0.25) is 5.95 Å². The van der Waals surface area contributed by atoms with Gasteiger partial charge in [0.1, 0.15) is 0 Å². The quantitative estimate of drug-likeness (QED) is 0.741. The van der Waals surface area contributed by atoms with Crippen molar-refractivity contribution in [3.63, 3.8) is 0 Å². The molecular formula is C14H24N4OS. The van der Waals surface area contributed by atoms with Crippen LogP contribution in [0.5, 0.6) is 0 Å². The Morgan fingerprint density at radius 1 is 1.40 bits per heavy atom. The molecule has 0 radical (unpaired) electrons. The van der Waals surface area contributed by atoms with E-state index < -0.39 is 0 Å². The van der Waals surface area contributed by atoms with E-state index in [1.54, 1.807) is 7.11 Å². The molecule has 0 aliphatic carbocycles. The first-order valence-electron chi connectivity index (χ1n) is 6.81. The third-order valence-corrected chi connectivity index (χ3v) is 3.13. The highest BCUT2D eigenvalue weighted by atomic mass is 32.1. The molecule has 1 heterocycles. The number of thiocarbonyl (C=S) groups is 1. The number of rotatable bonds is 8. The van der Waals surface area contributed by atoms with Crippen molar-refractivity contribution in [1.82, 2.24) is 9.97 Å². The molecule has 0 fully saturated rings. The first-order valence-corrected chi connectivity index (χ1v) is 7.22. The van der Waals surface area contributed by atoms with Crippen molar-refractivity contribution in [2.24, 2.45) is 5.73 Å². The van der Waals surface area contributed by atoms with Gasteiger partial charge in [0.05, 0.1) is 11.6 Å². The summed E-state index contributed by atoms with van der Waals surface area (Å²) in [4.78, 5) is 11.7. The number of hydrogen-bond acceptors (Lipinski definition) is 5. The van der Waals surface area contributed by atoms with Crippen molar-refractivity contribution in [1.29, 1.82) is 0 Å². The maximum absolute atomic E-state index is 5.59. The molecule has 1 rings (SSSR count). The van der Waals surface area contributed by atoms with Crippen LogP contribution in [0.1, 0.15) is 37.6 Å². The fourth-order valence-corrected chi connectivity index (χ4v) is 1.86. The summed E-state index contributed by atoms with van der Waals surface area (Å²) < 4.78 is 5.15. The third-order valence-electron chi connectivity index (χ3n) is 2.93. The largest absolute Gasteiger partial charge is 0.393 e. The van der Waals surface area contributed by atoms with Gasteiger partial charge >= 0.3 is 0 Å². The lowest BCUT2D eigenvalue weighted by atomic mass is 10.1. The van der Waals surface area contributed by atoms with E-state index in [-0.39, 0.29) is 0 Å². The molecule has 0 amide bonds. The number of ether oxygens (including phenoxy) is 1. The van der Waals surface area contributed by atoms with Crippen LogP contribution in [0.15, 0.2) is 6.07 Å². The Hall–Kier alpha value is -1.27. The Kier molecular flexibility index (Phi) is 6.81. The molecular weight excluding hydrogens is 272 g/mol. The van der Waals surface area contributed by atoms with Crippen LogP contribution in [-0.2, 0) is 4.74 Å². The van der Waals surface area contributed by atoms with E-state index in [9.17, 15) is 0 Å². The highest BCUT2D eigenvalue weighted by molar-refractivity contribution is 7.80. The number of aromatic nitrogens is 2. The Bertz CT molecular complexity index is 451. The van der Waals surface area contributed by atoms with Crippen LogP contribution in [-0.4, -0.2) is 41.8 Å². The van der Waals surface area contributed by atoms with Crippen LogP contribution in [0.25, 0.3) is 0 Å². The Labute approximate surface area is 126 Å². The topological polar surface area (TPSA) is 64.3 Å². The van der Waals surface area contributed by atoms with E-state index in [4.69, 9.17) is 22.7 Å². The molecule has 0 saturated carbocycles. The van der Waals surface area contributed by atoms with Crippen molar-refractivity contribution in [2.75, 3.05) is 31.7 Å². The zero-order chi connectivity index (χ0) is 15.1. The summed E-state index contributed by atoms with van der Waals surface area (Å²) in [6.45, 7) is 8.28. The van der Waals surface area contributed by atoms with Crippen LogP contribution in [0.2, 0.25) is 0 Å². The fourth-order valence-electron chi connectivity index (χ4n) is 1.77. The van der Waals surface area contributed by atoms with Crippen molar-refractivity contribution >= 4 is 23.2 Å². The summed E-state index contributed by atoms with van der Waals surface area (Å²) in [6.07, 6.45) is 0.646. The van der Waals surface area contributed by atoms with Crippen LogP contribution < -0.4 is 10.6 Å². The van der Waals surface area contributed by atoms with Crippen LogP contribution in [0.3, 0.4) is 0 Å². The van der Waals surface area contributed by atoms with E-state index in [2.05, 4.69) is 28.7 Å². The standard InChI is InChI=1S/C14H24N4OS/c1-10(2)12-9-11(3)16-14(17-12)18(7-8-19-4)6-5-13(15)20/h9-10H,5-8H2,1-4H3,(H2,15,20). The maximum atomic E-state index is 5.59. The molecule has 0 aromatic carbocycles. The first kappa shape index (κ1) is 16.8. The Morgan fingerprint density at radius 2 is 2.10 bits per heavy atom. The van der Waals surface area contributed by atoms with E-state index in [1.165, 1.54) is 0 Å². The van der Waals surface area contributed by atoms with Crippen molar-refractivity contribution in [3.8, 4) is 0 Å². The van der Waals surface area contributed by atoms with E-state index in [0.29, 0.717) is 30.5 Å². The summed E-state index contributed by atoms with van der Waals surface area (Å²) in [7, 11) is 1.68. The lowest BCUT2D eigenvalue weighted by Crippen LogP contribution is -2.32. The second-order valence-corrected chi connectivity index (χ2v) is 5.61. The second kappa shape index (κ2) is 8.11. The molecule has 0 unspecified atom stereocenters. The fraction of sp³-hybridized carbons (Fsp3) is 0.643. The highest BCUT2D eigenvalue weighted by Gasteiger charge is 2.13. The number of aryl methyl sites for hydroxylation is 1. The molecule has 5 nitrogen and oxygen atoms in total. The third kappa shape index (κ3) is 5.38. The molecule has 0 atom stereocenters. The van der Waals surface area contributed by atoms with Gasteiger partial charge < -0.3 is 15.4 Å². The molecule has 1 aromatic heterocycles. The molecule has 0 bridgehead atoms. The Morgan fingerprint density at radius 3 is 2.65 bits per heavy atom. The summed E-state index contributed by atoms with van der Waals surface area (Å²) in [5, 5.41) is 0. The smallest absolute Gasteiger partial charge is 0.225 e. The predicted octanol–water partition coefficient (Wildman–Crippen LogP) is 2.04. The minimum absolute atomic E-state index is 0.371. The molecule has 0 aliphatic heterocycles. The average molecular weight is 296 g/mol. The predicted molar refractivity (Wildman–Crippen MR) is 86.3 cm³/mol. The number of anilines is 1. The lowest BCUT2D eigenvalue weighted by Gasteiger charge is -2.23. The van der Waals surface area contributed by atoms with Crippen LogP contribution >= 0.6 is 12.2 Å². The molecule has 0 saturated heterocycles. The van der Waals surface area contributed by atoms with Crippen LogP contribution in [0, 0.1) is 6.92 Å². The minimum Gasteiger partial charge on any atom is -0.393 e. The van der Waals surface area contributed by atoms with Gasteiger partial charge in [-0.05, 0) is 18.9 Å².